The lowest BCUT2D eigenvalue weighted by atomic mass is 9.91. The summed E-state index contributed by atoms with van der Waals surface area (Å²) >= 11 is 0. The van der Waals surface area contributed by atoms with Gasteiger partial charge >= 0.3 is 12.1 Å². The number of aliphatic carboxylic acids is 1. The van der Waals surface area contributed by atoms with Gasteiger partial charge in [0.25, 0.3) is 0 Å². The van der Waals surface area contributed by atoms with Gasteiger partial charge in [-0.2, -0.15) is 0 Å². The van der Waals surface area contributed by atoms with E-state index in [2.05, 4.69) is 5.32 Å². The highest BCUT2D eigenvalue weighted by atomic mass is 16.5. The maximum absolute atomic E-state index is 12.0. The summed E-state index contributed by atoms with van der Waals surface area (Å²) in [5.41, 5.74) is 0.660. The lowest BCUT2D eigenvalue weighted by Gasteiger charge is -2.29. The maximum Gasteiger partial charge on any atom is 0.407 e. The van der Waals surface area contributed by atoms with Crippen LogP contribution in [0.5, 0.6) is 0 Å². The predicted molar refractivity (Wildman–Crippen MR) is 82.4 cm³/mol. The number of rotatable bonds is 7. The second-order valence-electron chi connectivity index (χ2n) is 5.92. The second-order valence-corrected chi connectivity index (χ2v) is 5.92. The van der Waals surface area contributed by atoms with E-state index in [1.165, 1.54) is 0 Å². The summed E-state index contributed by atoms with van der Waals surface area (Å²) in [5, 5.41) is 11.7. The number of carbonyl (C=O) groups excluding carboxylic acids is 1. The molecule has 0 spiro atoms. The number of carboxylic acid groups (broad SMARTS) is 1. The first kappa shape index (κ1) is 16.3. The highest BCUT2D eigenvalue weighted by molar-refractivity contribution is 5.68. The van der Waals surface area contributed by atoms with Crippen LogP contribution in [0.1, 0.15) is 50.5 Å². The second kappa shape index (κ2) is 7.82. The lowest BCUT2D eigenvalue weighted by Crippen LogP contribution is -2.46. The van der Waals surface area contributed by atoms with Crippen LogP contribution < -0.4 is 5.32 Å². The van der Waals surface area contributed by atoms with Crippen LogP contribution in [0.25, 0.3) is 0 Å². The molecule has 0 bridgehead atoms. The molecule has 0 atom stereocenters. The van der Waals surface area contributed by atoms with E-state index in [0.29, 0.717) is 12.8 Å². The van der Waals surface area contributed by atoms with Crippen LogP contribution in [0.2, 0.25) is 0 Å². The Morgan fingerprint density at radius 1 is 1.18 bits per heavy atom. The van der Waals surface area contributed by atoms with Crippen LogP contribution in [-0.4, -0.2) is 22.7 Å². The highest BCUT2D eigenvalue weighted by Crippen LogP contribution is 2.34. The summed E-state index contributed by atoms with van der Waals surface area (Å²) < 4.78 is 5.28. The lowest BCUT2D eigenvalue weighted by molar-refractivity contribution is -0.137. The minimum absolute atomic E-state index is 0.141. The van der Waals surface area contributed by atoms with Gasteiger partial charge in [-0.25, -0.2) is 4.79 Å². The predicted octanol–water partition coefficient (Wildman–Crippen LogP) is 3.48. The first-order valence-electron chi connectivity index (χ1n) is 7.80. The van der Waals surface area contributed by atoms with Crippen LogP contribution in [0.4, 0.5) is 4.79 Å². The monoisotopic (exact) mass is 305 g/mol. The fraction of sp³-hybridized carbons (Fsp3) is 0.529. The minimum atomic E-state index is -0.792. The Morgan fingerprint density at radius 2 is 1.86 bits per heavy atom. The molecular weight excluding hydrogens is 282 g/mol. The molecule has 5 heteroatoms. The average Bonchev–Trinajstić information content (AvgIpc) is 2.94. The van der Waals surface area contributed by atoms with Crippen LogP contribution in [0.15, 0.2) is 30.3 Å². The molecule has 1 aromatic carbocycles. The number of nitrogens with one attached hydrogen (secondary N) is 1. The molecule has 1 fully saturated rings. The van der Waals surface area contributed by atoms with Gasteiger partial charge in [0, 0.05) is 12.0 Å². The summed E-state index contributed by atoms with van der Waals surface area (Å²) in [6.07, 6.45) is 4.91. The zero-order valence-corrected chi connectivity index (χ0v) is 12.7. The average molecular weight is 305 g/mol. The molecule has 0 unspecified atom stereocenters. The highest BCUT2D eigenvalue weighted by Gasteiger charge is 2.35. The minimum Gasteiger partial charge on any atom is -0.481 e. The Labute approximate surface area is 130 Å². The summed E-state index contributed by atoms with van der Waals surface area (Å²) in [4.78, 5) is 22.7. The summed E-state index contributed by atoms with van der Waals surface area (Å²) in [6.45, 7) is 0.248. The Kier molecular flexibility index (Phi) is 5.81. The molecule has 1 aliphatic carbocycles. The molecule has 0 aromatic heterocycles. The van der Waals surface area contributed by atoms with Crippen molar-refractivity contribution < 1.29 is 19.4 Å². The van der Waals surface area contributed by atoms with Crippen molar-refractivity contribution in [3.05, 3.63) is 35.9 Å². The summed E-state index contributed by atoms with van der Waals surface area (Å²) in [6, 6.07) is 9.54. The number of ether oxygens (including phenoxy) is 1. The van der Waals surface area contributed by atoms with Crippen LogP contribution in [-0.2, 0) is 16.1 Å². The third-order valence-electron chi connectivity index (χ3n) is 4.19. The number of benzene rings is 1. The smallest absolute Gasteiger partial charge is 0.407 e. The van der Waals surface area contributed by atoms with E-state index in [1.807, 2.05) is 30.3 Å². The topological polar surface area (TPSA) is 75.6 Å². The fourth-order valence-corrected chi connectivity index (χ4v) is 3.04. The standard InChI is InChI=1S/C17H23NO4/c19-15(20)9-6-12-17(10-4-5-11-17)18-16(21)22-13-14-7-2-1-3-8-14/h1-3,7-8H,4-6,9-13H2,(H,18,21)(H,19,20). The van der Waals surface area contributed by atoms with Crippen LogP contribution in [0.3, 0.4) is 0 Å². The third-order valence-corrected chi connectivity index (χ3v) is 4.19. The molecule has 0 heterocycles. The molecular formula is C17H23NO4. The number of carbonyl (C=O) groups is 2. The number of alkyl carbamates (subject to hydrolysis) is 1. The quantitative estimate of drug-likeness (QED) is 0.808. The Balaban J connectivity index is 1.82. The Morgan fingerprint density at radius 3 is 2.50 bits per heavy atom. The van der Waals surface area contributed by atoms with Gasteiger partial charge in [-0.1, -0.05) is 43.2 Å². The van der Waals surface area contributed by atoms with Crippen molar-refractivity contribution in [3.63, 3.8) is 0 Å². The molecule has 120 valence electrons. The van der Waals surface area contributed by atoms with E-state index >= 15 is 0 Å². The molecule has 0 radical (unpaired) electrons. The van der Waals surface area contributed by atoms with Gasteiger partial charge in [-0.15, -0.1) is 0 Å². The molecule has 2 rings (SSSR count). The largest absolute Gasteiger partial charge is 0.481 e. The molecule has 1 amide bonds. The number of carboxylic acids is 1. The molecule has 22 heavy (non-hydrogen) atoms. The summed E-state index contributed by atoms with van der Waals surface area (Å²) in [7, 11) is 0. The number of hydrogen-bond donors (Lipinski definition) is 2. The zero-order chi connectivity index (χ0) is 15.8. The Hall–Kier alpha value is -2.04. The molecule has 1 saturated carbocycles. The van der Waals surface area contributed by atoms with Gasteiger partial charge in [0.1, 0.15) is 6.61 Å². The van der Waals surface area contributed by atoms with Crippen molar-refractivity contribution in [2.75, 3.05) is 0 Å². The van der Waals surface area contributed by atoms with Crippen molar-refractivity contribution in [2.24, 2.45) is 0 Å². The van der Waals surface area contributed by atoms with E-state index in [9.17, 15) is 9.59 Å². The van der Waals surface area contributed by atoms with E-state index in [-0.39, 0.29) is 18.6 Å². The first-order chi connectivity index (χ1) is 10.6. The number of amides is 1. The van der Waals surface area contributed by atoms with Gasteiger partial charge in [-0.05, 0) is 31.2 Å². The SMILES string of the molecule is O=C(O)CCCC1(NC(=O)OCc2ccccc2)CCCC1. The molecule has 0 saturated heterocycles. The fourth-order valence-electron chi connectivity index (χ4n) is 3.04. The van der Waals surface area contributed by atoms with Gasteiger partial charge in [0.2, 0.25) is 0 Å². The molecule has 2 N–H and O–H groups in total. The van der Waals surface area contributed by atoms with E-state index in [1.54, 1.807) is 0 Å². The van der Waals surface area contributed by atoms with Crippen molar-refractivity contribution in [2.45, 2.75) is 57.1 Å². The van der Waals surface area contributed by atoms with Crippen molar-refractivity contribution in [1.29, 1.82) is 0 Å². The molecule has 5 nitrogen and oxygen atoms in total. The maximum atomic E-state index is 12.0. The molecule has 0 aliphatic heterocycles. The number of hydrogen-bond acceptors (Lipinski definition) is 3. The van der Waals surface area contributed by atoms with Crippen molar-refractivity contribution in [1.82, 2.24) is 5.32 Å². The van der Waals surface area contributed by atoms with Crippen LogP contribution >= 0.6 is 0 Å². The third kappa shape index (κ3) is 5.06. The molecule has 1 aromatic rings. The van der Waals surface area contributed by atoms with Crippen molar-refractivity contribution in [3.8, 4) is 0 Å². The molecule has 1 aliphatic rings. The van der Waals surface area contributed by atoms with Gasteiger partial charge in [0.05, 0.1) is 0 Å². The van der Waals surface area contributed by atoms with E-state index < -0.39 is 12.1 Å². The van der Waals surface area contributed by atoms with E-state index in [0.717, 1.165) is 31.2 Å². The van der Waals surface area contributed by atoms with E-state index in [4.69, 9.17) is 9.84 Å². The van der Waals surface area contributed by atoms with Gasteiger partial charge in [-0.3, -0.25) is 4.79 Å². The summed E-state index contributed by atoms with van der Waals surface area (Å²) in [5.74, 6) is -0.792. The van der Waals surface area contributed by atoms with Crippen LogP contribution in [0, 0.1) is 0 Å². The zero-order valence-electron chi connectivity index (χ0n) is 12.7. The van der Waals surface area contributed by atoms with Gasteiger partial charge in [0.15, 0.2) is 0 Å². The first-order valence-corrected chi connectivity index (χ1v) is 7.80. The Bertz CT molecular complexity index is 495. The normalized spacial score (nSPS) is 16.2. The van der Waals surface area contributed by atoms with Crippen molar-refractivity contribution >= 4 is 12.1 Å². The van der Waals surface area contributed by atoms with Gasteiger partial charge < -0.3 is 15.2 Å².